The third kappa shape index (κ3) is 4.85. The third-order valence-corrected chi connectivity index (χ3v) is 3.34. The third-order valence-electron chi connectivity index (χ3n) is 3.34. The van der Waals surface area contributed by atoms with Crippen LogP contribution in [0, 0.1) is 0 Å². The van der Waals surface area contributed by atoms with Gasteiger partial charge in [-0.2, -0.15) is 0 Å². The van der Waals surface area contributed by atoms with Crippen molar-refractivity contribution >= 4 is 0 Å². The maximum absolute atomic E-state index is 5.74. The Morgan fingerprint density at radius 2 is 1.86 bits per heavy atom. The second-order valence-corrected chi connectivity index (χ2v) is 4.87. The van der Waals surface area contributed by atoms with Crippen molar-refractivity contribution in [2.24, 2.45) is 0 Å². The summed E-state index contributed by atoms with van der Waals surface area (Å²) in [5.74, 6) is 0.895. The molecule has 1 heterocycles. The van der Waals surface area contributed by atoms with Crippen molar-refractivity contribution in [3.05, 3.63) is 60.4 Å². The van der Waals surface area contributed by atoms with Crippen LogP contribution in [0.2, 0.25) is 0 Å². The van der Waals surface area contributed by atoms with Crippen LogP contribution in [0.1, 0.15) is 11.7 Å². The van der Waals surface area contributed by atoms with E-state index >= 15 is 0 Å². The molecular weight excluding hydrogens is 264 g/mol. The lowest BCUT2D eigenvalue weighted by Crippen LogP contribution is -2.32. The summed E-state index contributed by atoms with van der Waals surface area (Å²) >= 11 is 0. The summed E-state index contributed by atoms with van der Waals surface area (Å²) in [6.45, 7) is 2.05. The largest absolute Gasteiger partial charge is 0.492 e. The number of hydrogen-bond acceptors (Lipinski definition) is 4. The molecule has 0 bridgehead atoms. The summed E-state index contributed by atoms with van der Waals surface area (Å²) < 4.78 is 11.1. The number of benzene rings is 1. The highest BCUT2D eigenvalue weighted by molar-refractivity contribution is 5.20. The molecule has 0 radical (unpaired) electrons. The molecule has 1 aromatic carbocycles. The van der Waals surface area contributed by atoms with Crippen LogP contribution in [-0.2, 0) is 4.74 Å². The van der Waals surface area contributed by atoms with Crippen LogP contribution in [-0.4, -0.2) is 43.8 Å². The quantitative estimate of drug-likeness (QED) is 0.747. The predicted molar refractivity (Wildman–Crippen MR) is 83.4 cm³/mol. The summed E-state index contributed by atoms with van der Waals surface area (Å²) in [5.41, 5.74) is 1.02. The van der Waals surface area contributed by atoms with Gasteiger partial charge in [0.05, 0.1) is 18.3 Å². The van der Waals surface area contributed by atoms with E-state index in [-0.39, 0.29) is 6.04 Å². The van der Waals surface area contributed by atoms with E-state index in [0.717, 1.165) is 18.0 Å². The molecule has 112 valence electrons. The topological polar surface area (TPSA) is 34.6 Å². The zero-order valence-electron chi connectivity index (χ0n) is 12.6. The minimum atomic E-state index is 0.135. The van der Waals surface area contributed by atoms with E-state index in [9.17, 15) is 0 Å². The Kier molecular flexibility index (Phi) is 6.19. The summed E-state index contributed by atoms with van der Waals surface area (Å²) in [6, 6.07) is 15.9. The highest BCUT2D eigenvalue weighted by Crippen LogP contribution is 2.17. The van der Waals surface area contributed by atoms with Crippen LogP contribution in [0.15, 0.2) is 54.7 Å². The maximum Gasteiger partial charge on any atom is 0.119 e. The van der Waals surface area contributed by atoms with Gasteiger partial charge in [0.2, 0.25) is 0 Å². The van der Waals surface area contributed by atoms with Crippen molar-refractivity contribution in [2.45, 2.75) is 6.04 Å². The van der Waals surface area contributed by atoms with Gasteiger partial charge in [-0.3, -0.25) is 9.88 Å². The number of hydrogen-bond donors (Lipinski definition) is 0. The molecule has 0 aliphatic heterocycles. The Morgan fingerprint density at radius 1 is 1.10 bits per heavy atom. The van der Waals surface area contributed by atoms with Crippen molar-refractivity contribution in [1.29, 1.82) is 0 Å². The van der Waals surface area contributed by atoms with Crippen LogP contribution < -0.4 is 4.74 Å². The molecule has 2 aromatic rings. The molecule has 1 aromatic heterocycles. The van der Waals surface area contributed by atoms with Gasteiger partial charge in [-0.1, -0.05) is 24.3 Å². The van der Waals surface area contributed by atoms with Gasteiger partial charge in [-0.05, 0) is 31.3 Å². The average molecular weight is 286 g/mol. The monoisotopic (exact) mass is 286 g/mol. The summed E-state index contributed by atoms with van der Waals surface area (Å²) in [6.07, 6.45) is 1.81. The number of methoxy groups -OCH3 is 1. The van der Waals surface area contributed by atoms with Gasteiger partial charge < -0.3 is 9.47 Å². The van der Waals surface area contributed by atoms with Gasteiger partial charge >= 0.3 is 0 Å². The molecule has 0 saturated carbocycles. The second-order valence-electron chi connectivity index (χ2n) is 4.87. The molecule has 4 heteroatoms. The predicted octanol–water partition coefficient (Wildman–Crippen LogP) is 2.78. The molecule has 2 rings (SSSR count). The van der Waals surface area contributed by atoms with E-state index in [2.05, 4.69) is 16.9 Å². The Morgan fingerprint density at radius 3 is 2.52 bits per heavy atom. The number of pyridine rings is 1. The van der Waals surface area contributed by atoms with Crippen molar-refractivity contribution in [3.8, 4) is 5.75 Å². The molecule has 0 saturated heterocycles. The van der Waals surface area contributed by atoms with E-state index < -0.39 is 0 Å². The number of ether oxygens (including phenoxy) is 2. The SMILES string of the molecule is COC[C@H](c1ccccn1)N(C)CCOc1ccccc1. The smallest absolute Gasteiger partial charge is 0.119 e. The number of rotatable bonds is 8. The molecule has 0 spiro atoms. The normalized spacial score (nSPS) is 12.3. The molecular formula is C17H22N2O2. The fraction of sp³-hybridized carbons (Fsp3) is 0.353. The van der Waals surface area contributed by atoms with Gasteiger partial charge in [0.1, 0.15) is 12.4 Å². The molecule has 0 amide bonds. The number of para-hydroxylation sites is 1. The Labute approximate surface area is 126 Å². The van der Waals surface area contributed by atoms with E-state index in [0.29, 0.717) is 13.2 Å². The average Bonchev–Trinajstić information content (AvgIpc) is 2.54. The van der Waals surface area contributed by atoms with Gasteiger partial charge in [0, 0.05) is 19.9 Å². The summed E-state index contributed by atoms with van der Waals surface area (Å²) in [4.78, 5) is 6.63. The first-order chi connectivity index (χ1) is 10.3. The van der Waals surface area contributed by atoms with Crippen molar-refractivity contribution < 1.29 is 9.47 Å². The van der Waals surface area contributed by atoms with E-state index in [1.54, 1.807) is 7.11 Å². The first-order valence-electron chi connectivity index (χ1n) is 7.09. The molecule has 0 aliphatic rings. The first-order valence-corrected chi connectivity index (χ1v) is 7.09. The van der Waals surface area contributed by atoms with Crippen molar-refractivity contribution in [2.75, 3.05) is 33.9 Å². The van der Waals surface area contributed by atoms with Gasteiger partial charge in [-0.25, -0.2) is 0 Å². The summed E-state index contributed by atoms with van der Waals surface area (Å²) in [5, 5.41) is 0. The van der Waals surface area contributed by atoms with E-state index in [4.69, 9.17) is 9.47 Å². The highest BCUT2D eigenvalue weighted by Gasteiger charge is 2.17. The molecule has 0 aliphatic carbocycles. The Hall–Kier alpha value is -1.91. The van der Waals surface area contributed by atoms with Crippen LogP contribution in [0.25, 0.3) is 0 Å². The fourth-order valence-corrected chi connectivity index (χ4v) is 2.15. The number of nitrogens with zero attached hydrogens (tertiary/aromatic N) is 2. The van der Waals surface area contributed by atoms with E-state index in [1.807, 2.05) is 54.7 Å². The van der Waals surface area contributed by atoms with E-state index in [1.165, 1.54) is 0 Å². The Bertz CT molecular complexity index is 505. The standard InChI is InChI=1S/C17H22N2O2/c1-19(12-13-21-15-8-4-3-5-9-15)17(14-20-2)16-10-6-7-11-18-16/h3-11,17H,12-14H2,1-2H3/t17-/m1/s1. The molecule has 0 fully saturated rings. The lowest BCUT2D eigenvalue weighted by atomic mass is 10.2. The van der Waals surface area contributed by atoms with Crippen LogP contribution in [0.3, 0.4) is 0 Å². The van der Waals surface area contributed by atoms with Crippen LogP contribution >= 0.6 is 0 Å². The number of likely N-dealkylation sites (N-methyl/N-ethyl adjacent to an activating group) is 1. The van der Waals surface area contributed by atoms with Gasteiger partial charge in [-0.15, -0.1) is 0 Å². The van der Waals surface area contributed by atoms with Crippen molar-refractivity contribution in [3.63, 3.8) is 0 Å². The molecule has 4 nitrogen and oxygen atoms in total. The molecule has 0 unspecified atom stereocenters. The second kappa shape index (κ2) is 8.39. The van der Waals surface area contributed by atoms with Crippen LogP contribution in [0.4, 0.5) is 0 Å². The first kappa shape index (κ1) is 15.5. The van der Waals surface area contributed by atoms with Gasteiger partial charge in [0.25, 0.3) is 0 Å². The van der Waals surface area contributed by atoms with Crippen molar-refractivity contribution in [1.82, 2.24) is 9.88 Å². The fourth-order valence-electron chi connectivity index (χ4n) is 2.15. The number of aromatic nitrogens is 1. The molecule has 0 N–H and O–H groups in total. The van der Waals surface area contributed by atoms with Crippen LogP contribution in [0.5, 0.6) is 5.75 Å². The highest BCUT2D eigenvalue weighted by atomic mass is 16.5. The minimum absolute atomic E-state index is 0.135. The Balaban J connectivity index is 1.88. The zero-order chi connectivity index (χ0) is 14.9. The minimum Gasteiger partial charge on any atom is -0.492 e. The lowest BCUT2D eigenvalue weighted by molar-refractivity contribution is 0.0943. The summed E-state index contributed by atoms with van der Waals surface area (Å²) in [7, 11) is 3.77. The molecule has 21 heavy (non-hydrogen) atoms. The maximum atomic E-state index is 5.74. The zero-order valence-corrected chi connectivity index (χ0v) is 12.6. The lowest BCUT2D eigenvalue weighted by Gasteiger charge is -2.27. The van der Waals surface area contributed by atoms with Gasteiger partial charge in [0.15, 0.2) is 0 Å². The molecule has 1 atom stereocenters.